The lowest BCUT2D eigenvalue weighted by Crippen LogP contribution is -2.27. The number of rotatable bonds is 3. The summed E-state index contributed by atoms with van der Waals surface area (Å²) < 4.78 is 38.0. The third kappa shape index (κ3) is 3.22. The van der Waals surface area contributed by atoms with Gasteiger partial charge < -0.3 is 10.8 Å². The molecule has 0 aliphatic carbocycles. The first-order valence-corrected chi connectivity index (χ1v) is 6.18. The normalized spacial score (nSPS) is 20.2. The summed E-state index contributed by atoms with van der Waals surface area (Å²) in [6.45, 7) is 1.38. The van der Waals surface area contributed by atoms with Gasteiger partial charge in [-0.25, -0.2) is 0 Å². The molecule has 1 fully saturated rings. The van der Waals surface area contributed by atoms with E-state index in [1.54, 1.807) is 0 Å². The van der Waals surface area contributed by atoms with Crippen molar-refractivity contribution in [3.8, 4) is 5.75 Å². The number of carbonyl (C=O) groups is 1. The van der Waals surface area contributed by atoms with Crippen molar-refractivity contribution in [1.82, 2.24) is 4.90 Å². The summed E-state index contributed by atoms with van der Waals surface area (Å²) in [6.07, 6.45) is -3.96. The van der Waals surface area contributed by atoms with Crippen LogP contribution in [0.15, 0.2) is 18.2 Å². The van der Waals surface area contributed by atoms with Crippen molar-refractivity contribution >= 4 is 5.91 Å². The fourth-order valence-corrected chi connectivity index (χ4v) is 2.38. The molecule has 1 aliphatic rings. The molecule has 1 amide bonds. The molecule has 1 aromatic carbocycles. The summed E-state index contributed by atoms with van der Waals surface area (Å²) in [5, 5.41) is 9.25. The quantitative estimate of drug-likeness (QED) is 0.890. The maximum Gasteiger partial charge on any atom is 0.419 e. The monoisotopic (exact) mass is 288 g/mol. The van der Waals surface area contributed by atoms with Gasteiger partial charge in [0.05, 0.1) is 11.5 Å². The number of aromatic hydroxyl groups is 1. The van der Waals surface area contributed by atoms with E-state index in [9.17, 15) is 23.1 Å². The Kier molecular flexibility index (Phi) is 3.89. The molecule has 0 spiro atoms. The summed E-state index contributed by atoms with van der Waals surface area (Å²) in [5.74, 6) is -1.40. The number of primary amides is 1. The fourth-order valence-electron chi connectivity index (χ4n) is 2.38. The summed E-state index contributed by atoms with van der Waals surface area (Å²) >= 11 is 0. The van der Waals surface area contributed by atoms with Crippen LogP contribution in [0.25, 0.3) is 0 Å². The van der Waals surface area contributed by atoms with Crippen LogP contribution in [0, 0.1) is 5.92 Å². The van der Waals surface area contributed by atoms with E-state index in [-0.39, 0.29) is 11.8 Å². The van der Waals surface area contributed by atoms with Gasteiger partial charge in [0.25, 0.3) is 0 Å². The standard InChI is InChI=1S/C13H15F3N2O2/c14-13(15,16)10-5-8(1-2-11(10)19)6-18-4-3-9(7-18)12(17)20/h1-2,5,9,19H,3-4,6-7H2,(H2,17,20). The first-order valence-electron chi connectivity index (χ1n) is 6.18. The number of nitrogens with two attached hydrogens (primary N) is 1. The first-order chi connectivity index (χ1) is 9.27. The molecule has 7 heteroatoms. The molecule has 0 saturated carbocycles. The highest BCUT2D eigenvalue weighted by Crippen LogP contribution is 2.36. The zero-order valence-corrected chi connectivity index (χ0v) is 10.7. The minimum atomic E-state index is -4.58. The molecule has 4 nitrogen and oxygen atoms in total. The van der Waals surface area contributed by atoms with E-state index in [0.717, 1.165) is 12.1 Å². The lowest BCUT2D eigenvalue weighted by molar-refractivity contribution is -0.138. The number of phenols is 1. The van der Waals surface area contributed by atoms with E-state index in [1.807, 2.05) is 4.90 Å². The first kappa shape index (κ1) is 14.6. The van der Waals surface area contributed by atoms with E-state index < -0.39 is 17.5 Å². The molecule has 0 bridgehead atoms. The molecule has 1 unspecified atom stereocenters. The number of halogens is 3. The largest absolute Gasteiger partial charge is 0.507 e. The van der Waals surface area contributed by atoms with Gasteiger partial charge in [-0.2, -0.15) is 13.2 Å². The van der Waals surface area contributed by atoms with Gasteiger partial charge in [-0.1, -0.05) is 6.07 Å². The molecule has 1 atom stereocenters. The molecule has 1 heterocycles. The number of carbonyl (C=O) groups excluding carboxylic acids is 1. The highest BCUT2D eigenvalue weighted by molar-refractivity contribution is 5.77. The van der Waals surface area contributed by atoms with Crippen LogP contribution in [0.3, 0.4) is 0 Å². The minimum Gasteiger partial charge on any atom is -0.507 e. The maximum absolute atomic E-state index is 12.7. The second-order valence-corrected chi connectivity index (χ2v) is 4.97. The summed E-state index contributed by atoms with van der Waals surface area (Å²) in [6, 6.07) is 3.43. The van der Waals surface area contributed by atoms with Gasteiger partial charge in [-0.15, -0.1) is 0 Å². The molecule has 110 valence electrons. The number of hydrogen-bond acceptors (Lipinski definition) is 3. The number of nitrogens with zero attached hydrogens (tertiary/aromatic N) is 1. The molecule has 1 aliphatic heterocycles. The Bertz CT molecular complexity index is 517. The zero-order valence-electron chi connectivity index (χ0n) is 10.7. The van der Waals surface area contributed by atoms with Crippen molar-refractivity contribution in [3.05, 3.63) is 29.3 Å². The van der Waals surface area contributed by atoms with Gasteiger partial charge in [0.2, 0.25) is 5.91 Å². The third-order valence-corrected chi connectivity index (χ3v) is 3.45. The summed E-state index contributed by atoms with van der Waals surface area (Å²) in [7, 11) is 0. The van der Waals surface area contributed by atoms with Gasteiger partial charge in [-0.05, 0) is 30.7 Å². The molecule has 20 heavy (non-hydrogen) atoms. The predicted octanol–water partition coefficient (Wildman–Crippen LogP) is 1.72. The van der Waals surface area contributed by atoms with E-state index >= 15 is 0 Å². The molecule has 1 saturated heterocycles. The molecule has 1 aromatic rings. The second-order valence-electron chi connectivity index (χ2n) is 4.97. The Morgan fingerprint density at radius 2 is 2.15 bits per heavy atom. The van der Waals surface area contributed by atoms with E-state index in [1.165, 1.54) is 6.07 Å². The third-order valence-electron chi connectivity index (χ3n) is 3.45. The number of benzene rings is 1. The highest BCUT2D eigenvalue weighted by Gasteiger charge is 2.34. The van der Waals surface area contributed by atoms with Crippen molar-refractivity contribution in [2.45, 2.75) is 19.1 Å². The van der Waals surface area contributed by atoms with Gasteiger partial charge in [0.15, 0.2) is 0 Å². The van der Waals surface area contributed by atoms with Crippen LogP contribution in [0.2, 0.25) is 0 Å². The Morgan fingerprint density at radius 3 is 2.70 bits per heavy atom. The van der Waals surface area contributed by atoms with Crippen molar-refractivity contribution in [1.29, 1.82) is 0 Å². The Hall–Kier alpha value is -1.76. The minimum absolute atomic E-state index is 0.241. The smallest absolute Gasteiger partial charge is 0.419 e. The van der Waals surface area contributed by atoms with Crippen LogP contribution in [-0.4, -0.2) is 29.0 Å². The average molecular weight is 288 g/mol. The van der Waals surface area contributed by atoms with Crippen molar-refractivity contribution in [3.63, 3.8) is 0 Å². The van der Waals surface area contributed by atoms with Crippen molar-refractivity contribution < 1.29 is 23.1 Å². The van der Waals surface area contributed by atoms with Crippen molar-refractivity contribution in [2.75, 3.05) is 13.1 Å². The molecule has 3 N–H and O–H groups in total. The van der Waals surface area contributed by atoms with Crippen LogP contribution in [-0.2, 0) is 17.5 Å². The predicted molar refractivity (Wildman–Crippen MR) is 65.7 cm³/mol. The van der Waals surface area contributed by atoms with E-state index in [2.05, 4.69) is 0 Å². The van der Waals surface area contributed by atoms with Crippen LogP contribution in [0.5, 0.6) is 5.75 Å². The van der Waals surface area contributed by atoms with Gasteiger partial charge in [0.1, 0.15) is 5.75 Å². The summed E-state index contributed by atoms with van der Waals surface area (Å²) in [4.78, 5) is 12.9. The van der Waals surface area contributed by atoms with Crippen LogP contribution >= 0.6 is 0 Å². The fraction of sp³-hybridized carbons (Fsp3) is 0.462. The van der Waals surface area contributed by atoms with Crippen LogP contribution < -0.4 is 5.73 Å². The van der Waals surface area contributed by atoms with E-state index in [0.29, 0.717) is 31.6 Å². The number of alkyl halides is 3. The second kappa shape index (κ2) is 5.32. The number of amides is 1. The highest BCUT2D eigenvalue weighted by atomic mass is 19.4. The lowest BCUT2D eigenvalue weighted by Gasteiger charge is -2.17. The Balaban J connectivity index is 2.10. The molecule has 0 radical (unpaired) electrons. The number of hydrogen-bond donors (Lipinski definition) is 2. The molecular formula is C13H15F3N2O2. The topological polar surface area (TPSA) is 66.6 Å². The van der Waals surface area contributed by atoms with Crippen LogP contribution in [0.1, 0.15) is 17.5 Å². The SMILES string of the molecule is NC(=O)C1CCN(Cc2ccc(O)c(C(F)(F)F)c2)C1. The Morgan fingerprint density at radius 1 is 1.45 bits per heavy atom. The maximum atomic E-state index is 12.7. The van der Waals surface area contributed by atoms with Crippen LogP contribution in [0.4, 0.5) is 13.2 Å². The molecule has 2 rings (SSSR count). The average Bonchev–Trinajstić information content (AvgIpc) is 2.79. The van der Waals surface area contributed by atoms with Gasteiger partial charge >= 0.3 is 6.18 Å². The van der Waals surface area contributed by atoms with Gasteiger partial charge in [0, 0.05) is 13.1 Å². The summed E-state index contributed by atoms with van der Waals surface area (Å²) in [5.41, 5.74) is 4.61. The molecular weight excluding hydrogens is 273 g/mol. The lowest BCUT2D eigenvalue weighted by atomic mass is 10.1. The van der Waals surface area contributed by atoms with Gasteiger partial charge in [-0.3, -0.25) is 9.69 Å². The van der Waals surface area contributed by atoms with E-state index in [4.69, 9.17) is 5.73 Å². The van der Waals surface area contributed by atoms with Crippen molar-refractivity contribution in [2.24, 2.45) is 11.7 Å². The number of likely N-dealkylation sites (tertiary alicyclic amines) is 1. The number of phenolic OH excluding ortho intramolecular Hbond substituents is 1. The molecule has 0 aromatic heterocycles. The Labute approximate surface area is 114 Å². The zero-order chi connectivity index (χ0) is 14.9.